The summed E-state index contributed by atoms with van der Waals surface area (Å²) >= 11 is 0. The van der Waals surface area contributed by atoms with E-state index in [1.165, 1.54) is 24.3 Å². The summed E-state index contributed by atoms with van der Waals surface area (Å²) in [6.45, 7) is 0.461. The predicted molar refractivity (Wildman–Crippen MR) is 168 cm³/mol. The van der Waals surface area contributed by atoms with Crippen molar-refractivity contribution in [2.45, 2.75) is 62.7 Å². The van der Waals surface area contributed by atoms with Crippen LogP contribution in [0.4, 0.5) is 0 Å². The molecule has 0 saturated carbocycles. The molecule has 0 aliphatic rings. The van der Waals surface area contributed by atoms with Crippen molar-refractivity contribution in [3.63, 3.8) is 0 Å². The monoisotopic (exact) mass is 619 g/mol. The fraction of sp³-hybridized carbons (Fsp3) is 0.333. The zero-order valence-electron chi connectivity index (χ0n) is 24.9. The molecule has 0 aliphatic heterocycles. The lowest BCUT2D eigenvalue weighted by Gasteiger charge is -2.25. The number of carboxylic acids is 1. The van der Waals surface area contributed by atoms with Gasteiger partial charge >= 0.3 is 5.97 Å². The maximum absolute atomic E-state index is 13.7. The van der Waals surface area contributed by atoms with Gasteiger partial charge in [0.05, 0.1) is 6.04 Å². The summed E-state index contributed by atoms with van der Waals surface area (Å²) in [5.41, 5.74) is 13.5. The van der Waals surface area contributed by atoms with Crippen LogP contribution < -0.4 is 27.4 Å². The van der Waals surface area contributed by atoms with Gasteiger partial charge in [0, 0.05) is 19.3 Å². The van der Waals surface area contributed by atoms with E-state index < -0.39 is 47.9 Å². The molecule has 4 atom stereocenters. The number of carboxylic acid groups (broad SMARTS) is 1. The average Bonchev–Trinajstić information content (AvgIpc) is 3.02. The van der Waals surface area contributed by atoms with E-state index in [2.05, 4.69) is 16.0 Å². The fourth-order valence-corrected chi connectivity index (χ4v) is 4.67. The summed E-state index contributed by atoms with van der Waals surface area (Å²) in [4.78, 5) is 52.4. The van der Waals surface area contributed by atoms with Crippen molar-refractivity contribution in [3.05, 3.63) is 95.6 Å². The number of phenolic OH excluding ortho intramolecular Hbond substituents is 2. The second-order valence-corrected chi connectivity index (χ2v) is 10.8. The molecule has 10 N–H and O–H groups in total. The van der Waals surface area contributed by atoms with E-state index in [9.17, 15) is 34.5 Å². The highest BCUT2D eigenvalue weighted by Gasteiger charge is 2.31. The molecule has 3 aromatic rings. The number of benzene rings is 3. The maximum Gasteiger partial charge on any atom is 0.326 e. The number of nitrogens with two attached hydrogens (primary N) is 2. The highest BCUT2D eigenvalue weighted by Crippen LogP contribution is 2.14. The Morgan fingerprint density at radius 3 is 1.49 bits per heavy atom. The van der Waals surface area contributed by atoms with Crippen LogP contribution in [-0.2, 0) is 38.4 Å². The van der Waals surface area contributed by atoms with Gasteiger partial charge < -0.3 is 42.7 Å². The second kappa shape index (κ2) is 17.4. The quantitative estimate of drug-likeness (QED) is 0.101. The van der Waals surface area contributed by atoms with E-state index in [1.807, 2.05) is 0 Å². The van der Waals surface area contributed by atoms with Crippen LogP contribution >= 0.6 is 0 Å². The molecule has 240 valence electrons. The first kappa shape index (κ1) is 34.5. The summed E-state index contributed by atoms with van der Waals surface area (Å²) in [6.07, 6.45) is 1.71. The van der Waals surface area contributed by atoms with Crippen LogP contribution in [0.5, 0.6) is 11.5 Å². The van der Waals surface area contributed by atoms with Gasteiger partial charge in [-0.2, -0.15) is 0 Å². The van der Waals surface area contributed by atoms with E-state index in [1.54, 1.807) is 54.6 Å². The number of hydrogen-bond acceptors (Lipinski definition) is 8. The average molecular weight is 620 g/mol. The van der Waals surface area contributed by atoms with Crippen LogP contribution in [0, 0.1) is 0 Å². The van der Waals surface area contributed by atoms with Crippen LogP contribution in [0.1, 0.15) is 36.0 Å². The van der Waals surface area contributed by atoms with E-state index in [4.69, 9.17) is 11.5 Å². The fourth-order valence-electron chi connectivity index (χ4n) is 4.67. The van der Waals surface area contributed by atoms with Crippen molar-refractivity contribution in [3.8, 4) is 11.5 Å². The molecule has 3 amide bonds. The summed E-state index contributed by atoms with van der Waals surface area (Å²) in [5.74, 6) is -3.17. The molecular weight excluding hydrogens is 578 g/mol. The van der Waals surface area contributed by atoms with Crippen LogP contribution in [0.25, 0.3) is 0 Å². The van der Waals surface area contributed by atoms with Crippen molar-refractivity contribution in [1.82, 2.24) is 16.0 Å². The van der Waals surface area contributed by atoms with Crippen LogP contribution in [0.15, 0.2) is 78.9 Å². The van der Waals surface area contributed by atoms with Crippen molar-refractivity contribution >= 4 is 23.7 Å². The number of nitrogens with one attached hydrogen (secondary N) is 3. The standard InChI is InChI=1S/C33H41N5O7/c34-17-5-4-8-26(35)30(41)36-27(19-22-9-13-24(39)14-10-22)31(42)37-28(18-21-6-2-1-3-7-21)32(43)38-29(33(44)45)20-23-11-15-25(40)16-12-23/h1-3,6-7,9-16,26-29,39-40H,4-5,8,17-20,34-35H2,(H,36,41)(H,37,42)(H,38,43)(H,44,45). The Bertz CT molecular complexity index is 1400. The Balaban J connectivity index is 1.83. The van der Waals surface area contributed by atoms with Gasteiger partial charge in [0.2, 0.25) is 17.7 Å². The number of amides is 3. The van der Waals surface area contributed by atoms with Crippen LogP contribution in [0.2, 0.25) is 0 Å². The van der Waals surface area contributed by atoms with Gasteiger partial charge in [-0.25, -0.2) is 4.79 Å². The molecule has 0 radical (unpaired) electrons. The number of aromatic hydroxyl groups is 2. The SMILES string of the molecule is NCCCCC(N)C(=O)NC(Cc1ccc(O)cc1)C(=O)NC(Cc1ccccc1)C(=O)NC(Cc1ccc(O)cc1)C(=O)O. The number of hydrogen-bond donors (Lipinski definition) is 8. The third kappa shape index (κ3) is 11.6. The highest BCUT2D eigenvalue weighted by atomic mass is 16.4. The zero-order valence-corrected chi connectivity index (χ0v) is 24.9. The number of aliphatic carboxylic acids is 1. The van der Waals surface area contributed by atoms with Gasteiger partial charge in [0.1, 0.15) is 29.6 Å². The normalized spacial score (nSPS) is 13.6. The second-order valence-electron chi connectivity index (χ2n) is 10.8. The molecule has 0 fully saturated rings. The molecule has 45 heavy (non-hydrogen) atoms. The van der Waals surface area contributed by atoms with Gasteiger partial charge in [-0.15, -0.1) is 0 Å². The van der Waals surface area contributed by atoms with Crippen molar-refractivity contribution in [2.24, 2.45) is 11.5 Å². The maximum atomic E-state index is 13.7. The molecule has 0 aliphatic carbocycles. The highest BCUT2D eigenvalue weighted by molar-refractivity contribution is 5.94. The molecule has 0 heterocycles. The minimum atomic E-state index is -1.32. The molecule has 12 nitrogen and oxygen atoms in total. The first-order valence-electron chi connectivity index (χ1n) is 14.7. The van der Waals surface area contributed by atoms with Crippen LogP contribution in [0.3, 0.4) is 0 Å². The Morgan fingerprint density at radius 2 is 1.02 bits per heavy atom. The third-order valence-electron chi connectivity index (χ3n) is 7.22. The van der Waals surface area contributed by atoms with E-state index >= 15 is 0 Å². The largest absolute Gasteiger partial charge is 0.508 e. The minimum Gasteiger partial charge on any atom is -0.508 e. The Hall–Kier alpha value is -4.94. The zero-order chi connectivity index (χ0) is 32.8. The number of rotatable bonds is 17. The van der Waals surface area contributed by atoms with E-state index in [-0.39, 0.29) is 30.8 Å². The molecule has 0 bridgehead atoms. The molecule has 4 unspecified atom stereocenters. The summed E-state index contributed by atoms with van der Waals surface area (Å²) < 4.78 is 0. The van der Waals surface area contributed by atoms with Crippen LogP contribution in [-0.4, -0.2) is 69.7 Å². The number of carbonyl (C=O) groups is 4. The lowest BCUT2D eigenvalue weighted by Crippen LogP contribution is -2.58. The van der Waals surface area contributed by atoms with Gasteiger partial charge in [-0.3, -0.25) is 14.4 Å². The lowest BCUT2D eigenvalue weighted by molar-refractivity contribution is -0.142. The molecule has 12 heteroatoms. The van der Waals surface area contributed by atoms with Gasteiger partial charge in [-0.1, -0.05) is 61.0 Å². The summed E-state index contributed by atoms with van der Waals surface area (Å²) in [7, 11) is 0. The summed E-state index contributed by atoms with van der Waals surface area (Å²) in [6, 6.07) is 16.4. The Kier molecular flexibility index (Phi) is 13.3. The third-order valence-corrected chi connectivity index (χ3v) is 7.22. The minimum absolute atomic E-state index is 0.0192. The molecule has 0 aromatic heterocycles. The topological polar surface area (TPSA) is 217 Å². The van der Waals surface area contributed by atoms with Gasteiger partial charge in [0.25, 0.3) is 0 Å². The van der Waals surface area contributed by atoms with Crippen molar-refractivity contribution < 1.29 is 34.5 Å². The molecule has 3 aromatic carbocycles. The Labute approximate surface area is 261 Å². The van der Waals surface area contributed by atoms with E-state index in [0.29, 0.717) is 42.5 Å². The van der Waals surface area contributed by atoms with Gasteiger partial charge in [-0.05, 0) is 60.3 Å². The molecule has 0 spiro atoms. The van der Waals surface area contributed by atoms with Crippen molar-refractivity contribution in [1.29, 1.82) is 0 Å². The number of phenols is 2. The molecular formula is C33H41N5O7. The van der Waals surface area contributed by atoms with Crippen molar-refractivity contribution in [2.75, 3.05) is 6.54 Å². The molecule has 3 rings (SSSR count). The first-order chi connectivity index (χ1) is 21.5. The van der Waals surface area contributed by atoms with Gasteiger partial charge in [0.15, 0.2) is 0 Å². The predicted octanol–water partition coefficient (Wildman–Crippen LogP) is 1.12. The van der Waals surface area contributed by atoms with E-state index in [0.717, 1.165) is 0 Å². The number of unbranched alkanes of at least 4 members (excludes halogenated alkanes) is 1. The lowest BCUT2D eigenvalue weighted by atomic mass is 10.0. The first-order valence-corrected chi connectivity index (χ1v) is 14.7. The Morgan fingerprint density at radius 1 is 0.600 bits per heavy atom. The smallest absolute Gasteiger partial charge is 0.326 e. The number of carbonyl (C=O) groups excluding carboxylic acids is 3. The molecule has 0 saturated heterocycles. The summed E-state index contributed by atoms with van der Waals surface area (Å²) in [5, 5.41) is 37.0.